The highest BCUT2D eigenvalue weighted by Crippen LogP contribution is 1.98. The van der Waals surface area contributed by atoms with E-state index in [4.69, 9.17) is 5.73 Å². The van der Waals surface area contributed by atoms with E-state index in [-0.39, 0.29) is 5.91 Å². The first-order chi connectivity index (χ1) is 5.57. The van der Waals surface area contributed by atoms with Crippen molar-refractivity contribution in [3.05, 3.63) is 0 Å². The van der Waals surface area contributed by atoms with Crippen LogP contribution in [0.1, 0.15) is 26.2 Å². The second-order valence-corrected chi connectivity index (χ2v) is 3.34. The number of unbranched alkanes of at least 4 members (excludes halogenated alkanes) is 1. The molecule has 0 aliphatic heterocycles. The molecule has 0 atom stereocenters. The Balaban J connectivity index is 3.69. The van der Waals surface area contributed by atoms with Crippen LogP contribution in [-0.4, -0.2) is 29.4 Å². The molecule has 12 heavy (non-hydrogen) atoms. The predicted molar refractivity (Wildman–Crippen MR) is 53.9 cm³/mol. The summed E-state index contributed by atoms with van der Waals surface area (Å²) in [4.78, 5) is 13.2. The third-order valence-electron chi connectivity index (χ3n) is 1.56. The van der Waals surface area contributed by atoms with Gasteiger partial charge in [0.25, 0.3) is 0 Å². The van der Waals surface area contributed by atoms with Crippen molar-refractivity contribution in [1.29, 1.82) is 0 Å². The van der Waals surface area contributed by atoms with E-state index in [1.54, 1.807) is 11.9 Å². The van der Waals surface area contributed by atoms with E-state index < -0.39 is 0 Å². The van der Waals surface area contributed by atoms with Crippen LogP contribution in [0, 0.1) is 0 Å². The van der Waals surface area contributed by atoms with Crippen LogP contribution >= 0.6 is 12.2 Å². The fourth-order valence-corrected chi connectivity index (χ4v) is 1.03. The zero-order valence-corrected chi connectivity index (χ0v) is 8.49. The molecule has 0 rings (SSSR count). The number of likely N-dealkylation sites (N-methyl/N-ethyl adjacent to an activating group) is 1. The zero-order chi connectivity index (χ0) is 9.56. The van der Waals surface area contributed by atoms with Crippen molar-refractivity contribution in [1.82, 2.24) is 4.90 Å². The summed E-state index contributed by atoms with van der Waals surface area (Å²) in [7, 11) is 1.72. The van der Waals surface area contributed by atoms with Crippen molar-refractivity contribution >= 4 is 23.1 Å². The van der Waals surface area contributed by atoms with E-state index in [0.717, 1.165) is 12.8 Å². The molecule has 0 heterocycles. The summed E-state index contributed by atoms with van der Waals surface area (Å²) in [5, 5.41) is 0. The highest BCUT2D eigenvalue weighted by atomic mass is 32.1. The van der Waals surface area contributed by atoms with Crippen LogP contribution in [0.3, 0.4) is 0 Å². The molecule has 0 saturated carbocycles. The second kappa shape index (κ2) is 5.94. The molecule has 0 aliphatic carbocycles. The third kappa shape index (κ3) is 5.07. The minimum atomic E-state index is 0.115. The van der Waals surface area contributed by atoms with Gasteiger partial charge in [0, 0.05) is 13.5 Å². The highest BCUT2D eigenvalue weighted by Gasteiger charge is 2.07. The average molecular weight is 188 g/mol. The van der Waals surface area contributed by atoms with Crippen LogP contribution in [0.15, 0.2) is 0 Å². The maximum Gasteiger partial charge on any atom is 0.222 e. The number of rotatable bonds is 5. The SMILES string of the molecule is CCCCC(=O)N(C)CC(N)=S. The molecule has 0 aromatic carbocycles. The normalized spacial score (nSPS) is 9.50. The van der Waals surface area contributed by atoms with E-state index in [2.05, 4.69) is 19.1 Å². The second-order valence-electron chi connectivity index (χ2n) is 2.82. The Kier molecular flexibility index (Phi) is 5.62. The van der Waals surface area contributed by atoms with E-state index in [1.165, 1.54) is 0 Å². The van der Waals surface area contributed by atoms with Crippen LogP contribution in [0.25, 0.3) is 0 Å². The smallest absolute Gasteiger partial charge is 0.222 e. The van der Waals surface area contributed by atoms with Crippen LogP contribution < -0.4 is 5.73 Å². The van der Waals surface area contributed by atoms with Crippen LogP contribution in [0.5, 0.6) is 0 Å². The Labute approximate surface area is 78.9 Å². The fourth-order valence-electron chi connectivity index (χ4n) is 0.841. The zero-order valence-electron chi connectivity index (χ0n) is 7.67. The van der Waals surface area contributed by atoms with Crippen molar-refractivity contribution in [2.24, 2.45) is 5.73 Å². The van der Waals surface area contributed by atoms with E-state index >= 15 is 0 Å². The summed E-state index contributed by atoms with van der Waals surface area (Å²) in [6, 6.07) is 0. The number of hydrogen-bond acceptors (Lipinski definition) is 2. The lowest BCUT2D eigenvalue weighted by Gasteiger charge is -2.15. The molecule has 2 N–H and O–H groups in total. The lowest BCUT2D eigenvalue weighted by Crippen LogP contribution is -2.34. The minimum Gasteiger partial charge on any atom is -0.392 e. The maximum atomic E-state index is 11.2. The van der Waals surface area contributed by atoms with Gasteiger partial charge in [0.05, 0.1) is 11.5 Å². The van der Waals surface area contributed by atoms with Crippen molar-refractivity contribution in [3.8, 4) is 0 Å². The lowest BCUT2D eigenvalue weighted by atomic mass is 10.2. The van der Waals surface area contributed by atoms with Gasteiger partial charge < -0.3 is 10.6 Å². The van der Waals surface area contributed by atoms with Crippen molar-refractivity contribution < 1.29 is 4.79 Å². The number of nitrogens with zero attached hydrogens (tertiary/aromatic N) is 1. The van der Waals surface area contributed by atoms with Gasteiger partial charge in [0.15, 0.2) is 0 Å². The van der Waals surface area contributed by atoms with Gasteiger partial charge in [-0.3, -0.25) is 4.79 Å². The molecule has 0 radical (unpaired) electrons. The largest absolute Gasteiger partial charge is 0.392 e. The Morgan fingerprint density at radius 2 is 2.17 bits per heavy atom. The molecule has 3 nitrogen and oxygen atoms in total. The molecule has 1 amide bonds. The maximum absolute atomic E-state index is 11.2. The van der Waals surface area contributed by atoms with Gasteiger partial charge in [-0.2, -0.15) is 0 Å². The van der Waals surface area contributed by atoms with E-state index in [1.807, 2.05) is 0 Å². The van der Waals surface area contributed by atoms with Gasteiger partial charge >= 0.3 is 0 Å². The lowest BCUT2D eigenvalue weighted by molar-refractivity contribution is -0.129. The summed E-state index contributed by atoms with van der Waals surface area (Å²) in [6.45, 7) is 2.44. The number of hydrogen-bond donors (Lipinski definition) is 1. The summed E-state index contributed by atoms with van der Waals surface area (Å²) in [5.41, 5.74) is 5.30. The molecule has 0 aromatic rings. The first kappa shape index (κ1) is 11.4. The molecule has 0 unspecified atom stereocenters. The third-order valence-corrected chi connectivity index (χ3v) is 1.69. The topological polar surface area (TPSA) is 46.3 Å². The highest BCUT2D eigenvalue weighted by molar-refractivity contribution is 7.80. The van der Waals surface area contributed by atoms with Crippen LogP contribution in [0.2, 0.25) is 0 Å². The van der Waals surface area contributed by atoms with Gasteiger partial charge in [-0.15, -0.1) is 0 Å². The van der Waals surface area contributed by atoms with Crippen LogP contribution in [0.4, 0.5) is 0 Å². The first-order valence-corrected chi connectivity index (χ1v) is 4.51. The summed E-state index contributed by atoms with van der Waals surface area (Å²) < 4.78 is 0. The molecule has 0 fully saturated rings. The number of carbonyl (C=O) groups is 1. The number of amides is 1. The van der Waals surface area contributed by atoms with Gasteiger partial charge in [0.1, 0.15) is 0 Å². The number of carbonyl (C=O) groups excluding carboxylic acids is 1. The molecular weight excluding hydrogens is 172 g/mol. The molecule has 0 bridgehead atoms. The summed E-state index contributed by atoms with van der Waals surface area (Å²) >= 11 is 4.69. The quantitative estimate of drug-likeness (QED) is 0.653. The molecule has 0 spiro atoms. The Hall–Kier alpha value is -0.640. The standard InChI is InChI=1S/C8H16N2OS/c1-3-4-5-8(11)10(2)6-7(9)12/h3-6H2,1-2H3,(H2,9,12). The predicted octanol–water partition coefficient (Wildman–Crippen LogP) is 0.921. The van der Waals surface area contributed by atoms with Gasteiger partial charge in [-0.05, 0) is 6.42 Å². The van der Waals surface area contributed by atoms with Crippen LogP contribution in [-0.2, 0) is 4.79 Å². The Bertz CT molecular complexity index is 170. The molecule has 0 saturated heterocycles. The molecule has 4 heteroatoms. The minimum absolute atomic E-state index is 0.115. The van der Waals surface area contributed by atoms with E-state index in [9.17, 15) is 4.79 Å². The Morgan fingerprint density at radius 3 is 2.58 bits per heavy atom. The molecule has 70 valence electrons. The van der Waals surface area contributed by atoms with Crippen molar-refractivity contribution in [2.45, 2.75) is 26.2 Å². The van der Waals surface area contributed by atoms with Crippen molar-refractivity contribution in [2.75, 3.05) is 13.6 Å². The molecule has 0 aliphatic rings. The first-order valence-electron chi connectivity index (χ1n) is 4.10. The monoisotopic (exact) mass is 188 g/mol. The Morgan fingerprint density at radius 1 is 1.58 bits per heavy atom. The molecular formula is C8H16N2OS. The van der Waals surface area contributed by atoms with Gasteiger partial charge in [-0.1, -0.05) is 25.6 Å². The fraction of sp³-hybridized carbons (Fsp3) is 0.750. The number of nitrogens with two attached hydrogens (primary N) is 1. The summed E-state index contributed by atoms with van der Waals surface area (Å²) in [5.74, 6) is 0.115. The van der Waals surface area contributed by atoms with Gasteiger partial charge in [-0.25, -0.2) is 0 Å². The number of thiocarbonyl (C=S) groups is 1. The van der Waals surface area contributed by atoms with Crippen molar-refractivity contribution in [3.63, 3.8) is 0 Å². The average Bonchev–Trinajstić information content (AvgIpc) is 1.98. The molecule has 0 aromatic heterocycles. The summed E-state index contributed by atoms with van der Waals surface area (Å²) in [6.07, 6.45) is 2.56. The van der Waals surface area contributed by atoms with E-state index in [0.29, 0.717) is 18.0 Å². The van der Waals surface area contributed by atoms with Gasteiger partial charge in [0.2, 0.25) is 5.91 Å².